The molecule has 6 fully saturated rings. The van der Waals surface area contributed by atoms with Crippen LogP contribution in [-0.4, -0.2) is 161 Å². The number of nitrogen functional groups attached to an aromatic ring is 1. The maximum Gasteiger partial charge on any atom is 0.269 e. The topological polar surface area (TPSA) is 168 Å². The molecule has 0 bridgehead atoms. The van der Waals surface area contributed by atoms with E-state index in [1.165, 1.54) is 44.5 Å². The molecule has 3 aromatic carbocycles. The van der Waals surface area contributed by atoms with Crippen LogP contribution < -0.4 is 20.9 Å². The monoisotopic (exact) mass is 864 g/mol. The Morgan fingerprint density at radius 2 is 0.823 bits per heavy atom. The molecule has 6 saturated heterocycles. The first-order chi connectivity index (χ1) is 30.2. The summed E-state index contributed by atoms with van der Waals surface area (Å²) in [6, 6.07) is 21.7. The van der Waals surface area contributed by atoms with E-state index in [1.807, 2.05) is 24.3 Å². The van der Waals surface area contributed by atoms with Gasteiger partial charge in [0.2, 0.25) is 0 Å². The van der Waals surface area contributed by atoms with E-state index >= 15 is 0 Å². The van der Waals surface area contributed by atoms with Gasteiger partial charge in [-0.1, -0.05) is 0 Å². The Kier molecular flexibility index (Phi) is 18.9. The Balaban J connectivity index is 0.000000144. The van der Waals surface area contributed by atoms with Crippen LogP contribution >= 0.6 is 0 Å². The molecular formula is C45H66FN9O7. The van der Waals surface area contributed by atoms with E-state index in [2.05, 4.69) is 41.9 Å². The highest BCUT2D eigenvalue weighted by Gasteiger charge is 2.28. The Hall–Kier alpha value is -4.49. The van der Waals surface area contributed by atoms with Crippen LogP contribution in [0.1, 0.15) is 38.5 Å². The molecule has 0 aliphatic carbocycles. The molecule has 0 aromatic heterocycles. The molecule has 3 aromatic rings. The lowest BCUT2D eigenvalue weighted by atomic mass is 10.0. The summed E-state index contributed by atoms with van der Waals surface area (Å²) in [4.78, 5) is 32.3. The van der Waals surface area contributed by atoms with Crippen molar-refractivity contribution in [3.63, 3.8) is 0 Å². The summed E-state index contributed by atoms with van der Waals surface area (Å²) in [5, 5.41) is 24.1. The molecule has 6 aliphatic rings. The molecule has 16 nitrogen and oxygen atoms in total. The van der Waals surface area contributed by atoms with Gasteiger partial charge in [0.15, 0.2) is 0 Å². The molecule has 17 heteroatoms. The molecule has 6 aliphatic heterocycles. The number of nitrogens with one attached hydrogen (secondary N) is 1. The van der Waals surface area contributed by atoms with Gasteiger partial charge in [-0.2, -0.15) is 0 Å². The van der Waals surface area contributed by atoms with Crippen LogP contribution in [-0.2, 0) is 14.2 Å². The molecule has 0 unspecified atom stereocenters. The number of benzene rings is 3. The minimum absolute atomic E-state index is 0.0959. The van der Waals surface area contributed by atoms with E-state index < -0.39 is 10.7 Å². The Labute approximate surface area is 365 Å². The fraction of sp³-hybridized carbons (Fsp3) is 0.600. The summed E-state index contributed by atoms with van der Waals surface area (Å²) in [5.41, 5.74) is 9.02. The minimum atomic E-state index is -0.570. The van der Waals surface area contributed by atoms with Crippen molar-refractivity contribution in [2.75, 3.05) is 134 Å². The second-order valence-electron chi connectivity index (χ2n) is 16.5. The first kappa shape index (κ1) is 47.0. The summed E-state index contributed by atoms with van der Waals surface area (Å²) in [6.45, 7) is 18.7. The van der Waals surface area contributed by atoms with Gasteiger partial charge in [0.25, 0.3) is 11.4 Å². The van der Waals surface area contributed by atoms with Crippen LogP contribution in [0.4, 0.5) is 32.8 Å². The summed E-state index contributed by atoms with van der Waals surface area (Å²) >= 11 is 0. The van der Waals surface area contributed by atoms with E-state index in [-0.39, 0.29) is 16.3 Å². The van der Waals surface area contributed by atoms with E-state index in [0.717, 1.165) is 166 Å². The fourth-order valence-electron chi connectivity index (χ4n) is 9.01. The van der Waals surface area contributed by atoms with Crippen LogP contribution in [0.15, 0.2) is 72.8 Å². The third-order valence-electron chi connectivity index (χ3n) is 12.6. The molecule has 62 heavy (non-hydrogen) atoms. The number of nitro benzene ring substituents is 2. The summed E-state index contributed by atoms with van der Waals surface area (Å²) in [6.07, 6.45) is 7.45. The number of piperidine rings is 3. The molecule has 0 saturated carbocycles. The molecule has 6 heterocycles. The first-order valence-corrected chi connectivity index (χ1v) is 22.4. The maximum absolute atomic E-state index is 12.1. The molecule has 9 rings (SSSR count). The van der Waals surface area contributed by atoms with Crippen molar-refractivity contribution >= 4 is 28.4 Å². The normalized spacial score (nSPS) is 21.3. The molecule has 0 spiro atoms. The van der Waals surface area contributed by atoms with Gasteiger partial charge in [0, 0.05) is 125 Å². The van der Waals surface area contributed by atoms with E-state index in [9.17, 15) is 24.6 Å². The van der Waals surface area contributed by atoms with Gasteiger partial charge in [0.05, 0.1) is 49.5 Å². The lowest BCUT2D eigenvalue weighted by Gasteiger charge is -2.40. The zero-order valence-corrected chi connectivity index (χ0v) is 36.1. The Bertz CT molecular complexity index is 1720. The molecule has 340 valence electrons. The van der Waals surface area contributed by atoms with Crippen molar-refractivity contribution in [2.24, 2.45) is 0 Å². The number of non-ortho nitro benzene ring substituents is 2. The third kappa shape index (κ3) is 14.8. The van der Waals surface area contributed by atoms with Gasteiger partial charge in [0.1, 0.15) is 5.82 Å². The highest BCUT2D eigenvalue weighted by atomic mass is 19.1. The van der Waals surface area contributed by atoms with Crippen molar-refractivity contribution in [1.29, 1.82) is 0 Å². The maximum atomic E-state index is 12.1. The number of anilines is 3. The SMILES string of the molecule is C1CC(N2CCOCC2)CCN1.Nc1ccc(N2CCC(N3CCOCC3)CC2)cc1.O=[N+]([O-])c1ccc(F)cc1.O=[N+]([O-])c1ccc(N2CCC(N3CCOCC3)CC2)cc1. The smallest absolute Gasteiger partial charge is 0.269 e. The summed E-state index contributed by atoms with van der Waals surface area (Å²) in [5.74, 6) is -0.467. The predicted molar refractivity (Wildman–Crippen MR) is 241 cm³/mol. The van der Waals surface area contributed by atoms with Gasteiger partial charge < -0.3 is 35.1 Å². The first-order valence-electron chi connectivity index (χ1n) is 22.4. The largest absolute Gasteiger partial charge is 0.399 e. The molecule has 0 radical (unpaired) electrons. The minimum Gasteiger partial charge on any atom is -0.399 e. The van der Waals surface area contributed by atoms with E-state index in [0.29, 0.717) is 6.04 Å². The van der Waals surface area contributed by atoms with Crippen molar-refractivity contribution in [2.45, 2.75) is 56.7 Å². The average Bonchev–Trinajstić information content (AvgIpc) is 3.34. The number of nitrogens with two attached hydrogens (primary N) is 1. The standard InChI is InChI=1S/C15H21N3O3.C15H23N3O.C9H18N2O.C6H4FNO2/c19-18(20)15-3-1-13(2-4-15)16-7-5-14(6-8-16)17-9-11-21-12-10-17;16-13-1-3-14(4-2-13)17-7-5-15(6-8-17)18-9-11-19-12-10-18;1-3-10-4-2-9(1)11-5-7-12-8-6-11;7-5-1-3-6(4-2-5)8(9)10/h1-4,14H,5-12H2;1-4,15H,5-12,16H2;9-10H,1-8H2;1-4H. The zero-order valence-electron chi connectivity index (χ0n) is 36.1. The van der Waals surface area contributed by atoms with Gasteiger partial charge in [-0.05, 0) is 100 Å². The number of nitro groups is 2. The second-order valence-corrected chi connectivity index (χ2v) is 16.5. The number of hydrogen-bond donors (Lipinski definition) is 2. The quantitative estimate of drug-likeness (QED) is 0.179. The van der Waals surface area contributed by atoms with Crippen molar-refractivity contribution in [3.05, 3.63) is 98.8 Å². The van der Waals surface area contributed by atoms with Crippen LogP contribution in [0.25, 0.3) is 0 Å². The van der Waals surface area contributed by atoms with Crippen molar-refractivity contribution < 1.29 is 28.4 Å². The van der Waals surface area contributed by atoms with Crippen LogP contribution in [0.3, 0.4) is 0 Å². The highest BCUT2D eigenvalue weighted by molar-refractivity contribution is 5.53. The summed E-state index contributed by atoms with van der Waals surface area (Å²) < 4.78 is 28.3. The summed E-state index contributed by atoms with van der Waals surface area (Å²) in [7, 11) is 0. The number of ether oxygens (including phenoxy) is 3. The highest BCUT2D eigenvalue weighted by Crippen LogP contribution is 2.26. The number of morpholine rings is 3. The van der Waals surface area contributed by atoms with Gasteiger partial charge in [-0.25, -0.2) is 4.39 Å². The second kappa shape index (κ2) is 25.0. The van der Waals surface area contributed by atoms with Gasteiger partial charge in [-0.15, -0.1) is 0 Å². The van der Waals surface area contributed by atoms with Gasteiger partial charge >= 0.3 is 0 Å². The van der Waals surface area contributed by atoms with E-state index in [1.54, 1.807) is 12.1 Å². The number of hydrogen-bond acceptors (Lipinski definition) is 14. The van der Waals surface area contributed by atoms with Gasteiger partial charge in [-0.3, -0.25) is 34.9 Å². The number of nitrogens with zero attached hydrogens (tertiary/aromatic N) is 7. The van der Waals surface area contributed by atoms with Crippen molar-refractivity contribution in [3.8, 4) is 0 Å². The number of halogens is 1. The molecule has 0 atom stereocenters. The lowest BCUT2D eigenvalue weighted by molar-refractivity contribution is -0.385. The molecular weight excluding hydrogens is 798 g/mol. The number of rotatable bonds is 7. The molecule has 3 N–H and O–H groups in total. The Morgan fingerprint density at radius 3 is 1.18 bits per heavy atom. The average molecular weight is 864 g/mol. The van der Waals surface area contributed by atoms with Crippen molar-refractivity contribution in [1.82, 2.24) is 20.0 Å². The van der Waals surface area contributed by atoms with E-state index in [4.69, 9.17) is 19.9 Å². The lowest BCUT2D eigenvalue weighted by Crippen LogP contribution is -2.49. The van der Waals surface area contributed by atoms with Crippen LogP contribution in [0.2, 0.25) is 0 Å². The van der Waals surface area contributed by atoms with Crippen LogP contribution in [0.5, 0.6) is 0 Å². The Morgan fingerprint density at radius 1 is 0.500 bits per heavy atom. The zero-order chi connectivity index (χ0) is 43.5. The molecule has 0 amide bonds. The van der Waals surface area contributed by atoms with Crippen LogP contribution in [0, 0.1) is 26.0 Å². The fourth-order valence-corrected chi connectivity index (χ4v) is 9.01. The third-order valence-corrected chi connectivity index (χ3v) is 12.6. The predicted octanol–water partition coefficient (Wildman–Crippen LogP) is 5.27.